The number of likely N-dealkylation sites (N-methyl/N-ethyl adjacent to an activating group) is 1. The van der Waals surface area contributed by atoms with Crippen molar-refractivity contribution in [3.8, 4) is 0 Å². The number of amides is 1. The number of carbonyl (C=O) groups is 1. The maximum Gasteiger partial charge on any atom is 0.274 e. The molecule has 1 N–H and O–H groups in total. The second-order valence-corrected chi connectivity index (χ2v) is 7.73. The zero-order valence-electron chi connectivity index (χ0n) is 15.8. The molecule has 0 radical (unpaired) electrons. The van der Waals surface area contributed by atoms with Crippen molar-refractivity contribution in [3.63, 3.8) is 0 Å². The fourth-order valence-corrected chi connectivity index (χ4v) is 3.15. The summed E-state index contributed by atoms with van der Waals surface area (Å²) in [7, 11) is 2.04. The summed E-state index contributed by atoms with van der Waals surface area (Å²) in [6, 6.07) is 1.36. The number of carbonyl (C=O) groups excluding carboxylic acids is 1. The molecule has 27 heavy (non-hydrogen) atoms. The highest BCUT2D eigenvalue weighted by Crippen LogP contribution is 2.40. The Balaban J connectivity index is 1.81. The van der Waals surface area contributed by atoms with Crippen LogP contribution in [0, 0.1) is 0 Å². The van der Waals surface area contributed by atoms with E-state index in [0.29, 0.717) is 29.8 Å². The Bertz CT molecular complexity index is 747. The molecule has 6 nitrogen and oxygen atoms in total. The lowest BCUT2D eigenvalue weighted by Crippen LogP contribution is -2.53. The van der Waals surface area contributed by atoms with Crippen molar-refractivity contribution in [3.05, 3.63) is 52.9 Å². The number of morpholine rings is 1. The topological polar surface area (TPSA) is 67.6 Å². The molecule has 1 aromatic heterocycles. The molecule has 0 aromatic carbocycles. The van der Waals surface area contributed by atoms with Gasteiger partial charge in [-0.05, 0) is 38.5 Å². The standard InChI is InChI=1S/C20H26ClN3O3/c1-4-14(6-5-13(2)21)19(18-12-24(3)9-10-26-18)22-20(25)16-11-17(27-23-16)15-7-8-15/h4-6,11,15,18-19H,1,7-10,12H2,2-3H3,(H,22,25)/b13-5+,14-6+. The third kappa shape index (κ3) is 5.31. The summed E-state index contributed by atoms with van der Waals surface area (Å²) in [5, 5.41) is 7.62. The maximum absolute atomic E-state index is 12.8. The number of ether oxygens (including phenoxy) is 1. The van der Waals surface area contributed by atoms with Crippen LogP contribution in [0.2, 0.25) is 0 Å². The molecule has 1 aliphatic carbocycles. The summed E-state index contributed by atoms with van der Waals surface area (Å²) < 4.78 is 11.3. The predicted molar refractivity (Wildman–Crippen MR) is 105 cm³/mol. The van der Waals surface area contributed by atoms with Crippen LogP contribution in [0.5, 0.6) is 0 Å². The molecule has 2 atom stereocenters. The first-order chi connectivity index (χ1) is 13.0. The Kier molecular flexibility index (Phi) is 6.52. The first-order valence-electron chi connectivity index (χ1n) is 9.22. The van der Waals surface area contributed by atoms with E-state index >= 15 is 0 Å². The highest BCUT2D eigenvalue weighted by molar-refractivity contribution is 6.29. The number of rotatable bonds is 7. The molecule has 2 aliphatic rings. The molecule has 1 amide bonds. The number of nitrogens with one attached hydrogen (secondary N) is 1. The Labute approximate surface area is 164 Å². The number of hydrogen-bond acceptors (Lipinski definition) is 5. The van der Waals surface area contributed by atoms with E-state index in [9.17, 15) is 4.79 Å². The van der Waals surface area contributed by atoms with Crippen molar-refractivity contribution in [2.24, 2.45) is 0 Å². The predicted octanol–water partition coefficient (Wildman–Crippen LogP) is 3.24. The quantitative estimate of drug-likeness (QED) is 0.723. The second kappa shape index (κ2) is 8.87. The summed E-state index contributed by atoms with van der Waals surface area (Å²) in [6.07, 6.45) is 7.35. The van der Waals surface area contributed by atoms with Crippen LogP contribution in [-0.4, -0.2) is 54.9 Å². The van der Waals surface area contributed by atoms with Crippen LogP contribution in [0.3, 0.4) is 0 Å². The van der Waals surface area contributed by atoms with Crippen molar-refractivity contribution in [1.82, 2.24) is 15.4 Å². The van der Waals surface area contributed by atoms with Crippen molar-refractivity contribution in [1.29, 1.82) is 0 Å². The minimum Gasteiger partial charge on any atom is -0.373 e. The largest absolute Gasteiger partial charge is 0.373 e. The summed E-state index contributed by atoms with van der Waals surface area (Å²) in [6.45, 7) is 7.86. The van der Waals surface area contributed by atoms with Gasteiger partial charge in [-0.25, -0.2) is 0 Å². The fourth-order valence-electron chi connectivity index (χ4n) is 3.09. The molecule has 1 aliphatic heterocycles. The smallest absolute Gasteiger partial charge is 0.274 e. The van der Waals surface area contributed by atoms with Gasteiger partial charge in [0, 0.05) is 30.1 Å². The summed E-state index contributed by atoms with van der Waals surface area (Å²) in [5.74, 6) is 0.906. The van der Waals surface area contributed by atoms with Crippen LogP contribution in [0.25, 0.3) is 0 Å². The Morgan fingerprint density at radius 2 is 2.26 bits per heavy atom. The van der Waals surface area contributed by atoms with Crippen molar-refractivity contribution in [2.45, 2.75) is 37.8 Å². The van der Waals surface area contributed by atoms with Gasteiger partial charge in [0.1, 0.15) is 5.76 Å². The van der Waals surface area contributed by atoms with E-state index in [1.54, 1.807) is 25.1 Å². The van der Waals surface area contributed by atoms with Gasteiger partial charge in [0.2, 0.25) is 0 Å². The molecular formula is C20H26ClN3O3. The zero-order valence-corrected chi connectivity index (χ0v) is 16.5. The van der Waals surface area contributed by atoms with E-state index in [1.165, 1.54) is 0 Å². The number of halogens is 1. The highest BCUT2D eigenvalue weighted by Gasteiger charge is 2.32. The van der Waals surface area contributed by atoms with Crippen LogP contribution in [-0.2, 0) is 4.74 Å². The van der Waals surface area contributed by atoms with Crippen molar-refractivity contribution >= 4 is 17.5 Å². The molecule has 0 spiro atoms. The molecule has 7 heteroatoms. The van der Waals surface area contributed by atoms with Gasteiger partial charge in [-0.2, -0.15) is 0 Å². The fraction of sp³-hybridized carbons (Fsp3) is 0.500. The third-order valence-electron chi connectivity index (χ3n) is 4.80. The summed E-state index contributed by atoms with van der Waals surface area (Å²) >= 11 is 5.97. The Morgan fingerprint density at radius 3 is 2.89 bits per heavy atom. The van der Waals surface area contributed by atoms with Gasteiger partial charge in [0.25, 0.3) is 5.91 Å². The number of nitrogens with zero attached hydrogens (tertiary/aromatic N) is 2. The lowest BCUT2D eigenvalue weighted by Gasteiger charge is -2.36. The molecule has 3 rings (SSSR count). The van der Waals surface area contributed by atoms with E-state index in [-0.39, 0.29) is 18.1 Å². The SMILES string of the molecule is C=C/C(=C\C=C(/C)Cl)C(NC(=O)c1cc(C2CC2)on1)C1CN(C)CCO1. The number of allylic oxidation sites excluding steroid dienone is 3. The minimum atomic E-state index is -0.369. The molecule has 1 saturated heterocycles. The van der Waals surface area contributed by atoms with Gasteiger partial charge in [-0.3, -0.25) is 4.79 Å². The average molecular weight is 392 g/mol. The van der Waals surface area contributed by atoms with Gasteiger partial charge in [0.05, 0.1) is 18.8 Å². The average Bonchev–Trinajstić information content (AvgIpc) is 3.37. The van der Waals surface area contributed by atoms with Crippen LogP contribution in [0.4, 0.5) is 0 Å². The van der Waals surface area contributed by atoms with Crippen molar-refractivity contribution in [2.75, 3.05) is 26.7 Å². The number of aromatic nitrogens is 1. The Hall–Kier alpha value is -1.89. The molecule has 146 valence electrons. The third-order valence-corrected chi connectivity index (χ3v) is 4.92. The maximum atomic E-state index is 12.8. The van der Waals surface area contributed by atoms with Crippen molar-refractivity contribution < 1.29 is 14.1 Å². The van der Waals surface area contributed by atoms with Gasteiger partial charge < -0.3 is 19.5 Å². The molecule has 2 fully saturated rings. The summed E-state index contributed by atoms with van der Waals surface area (Å²) in [5.41, 5.74) is 1.12. The van der Waals surface area contributed by atoms with E-state index in [4.69, 9.17) is 20.9 Å². The molecule has 1 saturated carbocycles. The van der Waals surface area contributed by atoms with Gasteiger partial charge >= 0.3 is 0 Å². The minimum absolute atomic E-state index is 0.198. The molecule has 1 aromatic rings. The molecule has 2 heterocycles. The van der Waals surface area contributed by atoms with Gasteiger partial charge in [0.15, 0.2) is 5.69 Å². The molecular weight excluding hydrogens is 366 g/mol. The van der Waals surface area contributed by atoms with Crippen LogP contribution in [0.15, 0.2) is 46.0 Å². The van der Waals surface area contributed by atoms with Gasteiger partial charge in [-0.1, -0.05) is 35.5 Å². The van der Waals surface area contributed by atoms with E-state index < -0.39 is 0 Å². The summed E-state index contributed by atoms with van der Waals surface area (Å²) in [4.78, 5) is 15.0. The lowest BCUT2D eigenvalue weighted by molar-refractivity contribution is -0.0308. The first-order valence-corrected chi connectivity index (χ1v) is 9.59. The normalized spacial score (nSPS) is 23.1. The molecule has 0 bridgehead atoms. The van der Waals surface area contributed by atoms with E-state index in [1.807, 2.05) is 13.1 Å². The monoisotopic (exact) mass is 391 g/mol. The highest BCUT2D eigenvalue weighted by atomic mass is 35.5. The Morgan fingerprint density at radius 1 is 1.48 bits per heavy atom. The lowest BCUT2D eigenvalue weighted by atomic mass is 9.99. The van der Waals surface area contributed by atoms with E-state index in [0.717, 1.165) is 30.7 Å². The zero-order chi connectivity index (χ0) is 19.4. The van der Waals surface area contributed by atoms with Crippen LogP contribution < -0.4 is 5.32 Å². The van der Waals surface area contributed by atoms with Crippen LogP contribution >= 0.6 is 11.6 Å². The molecule has 2 unspecified atom stereocenters. The first kappa shape index (κ1) is 19.9. The van der Waals surface area contributed by atoms with E-state index in [2.05, 4.69) is 22.0 Å². The van der Waals surface area contributed by atoms with Crippen LogP contribution in [0.1, 0.15) is 41.9 Å². The second-order valence-electron chi connectivity index (χ2n) is 7.14. The van der Waals surface area contributed by atoms with Gasteiger partial charge in [-0.15, -0.1) is 0 Å². The number of hydrogen-bond donors (Lipinski definition) is 1.